The average molecular weight is 200 g/mol. The Morgan fingerprint density at radius 1 is 1.64 bits per heavy atom. The smallest absolute Gasteiger partial charge is 0.239 e. The maximum Gasteiger partial charge on any atom is 0.239 e. The number of hydrogen-bond donors (Lipinski definition) is 2. The van der Waals surface area contributed by atoms with Crippen LogP contribution in [0, 0.1) is 0 Å². The van der Waals surface area contributed by atoms with Crippen LogP contribution in [0.3, 0.4) is 0 Å². The minimum absolute atomic E-state index is 0.0498. The summed E-state index contributed by atoms with van der Waals surface area (Å²) in [6.07, 6.45) is 0.945. The molecule has 2 atom stereocenters. The molecule has 1 amide bonds. The number of carbonyl (C=O) groups excluding carboxylic acids is 1. The van der Waals surface area contributed by atoms with Crippen LogP contribution in [-0.4, -0.2) is 47.2 Å². The molecule has 0 aliphatic carbocycles. The molecule has 2 N–H and O–H groups in total. The van der Waals surface area contributed by atoms with Gasteiger partial charge in [-0.2, -0.15) is 0 Å². The molecule has 1 aliphatic rings. The van der Waals surface area contributed by atoms with Crippen molar-refractivity contribution in [3.63, 3.8) is 0 Å². The summed E-state index contributed by atoms with van der Waals surface area (Å²) in [5.74, 6) is -0.0498. The van der Waals surface area contributed by atoms with Crippen LogP contribution in [0.25, 0.3) is 0 Å². The maximum atomic E-state index is 11.7. The maximum absolute atomic E-state index is 11.7. The Morgan fingerprint density at radius 3 is 2.79 bits per heavy atom. The van der Waals surface area contributed by atoms with Gasteiger partial charge in [0.25, 0.3) is 0 Å². The molecule has 0 radical (unpaired) electrons. The zero-order valence-electron chi connectivity index (χ0n) is 9.16. The second-order valence-corrected chi connectivity index (χ2v) is 4.23. The van der Waals surface area contributed by atoms with Gasteiger partial charge in [0.2, 0.25) is 5.91 Å². The van der Waals surface area contributed by atoms with Crippen molar-refractivity contribution in [1.82, 2.24) is 10.2 Å². The van der Waals surface area contributed by atoms with E-state index in [0.717, 1.165) is 13.0 Å². The van der Waals surface area contributed by atoms with Crippen LogP contribution in [0.1, 0.15) is 27.2 Å². The lowest BCUT2D eigenvalue weighted by atomic mass is 10.2. The molecule has 1 rings (SSSR count). The molecule has 1 fully saturated rings. The highest BCUT2D eigenvalue weighted by molar-refractivity contribution is 5.82. The number of rotatable bonds is 2. The van der Waals surface area contributed by atoms with E-state index in [4.69, 9.17) is 0 Å². The van der Waals surface area contributed by atoms with Crippen LogP contribution in [-0.2, 0) is 4.79 Å². The van der Waals surface area contributed by atoms with Crippen LogP contribution in [0.2, 0.25) is 0 Å². The van der Waals surface area contributed by atoms with E-state index < -0.39 is 0 Å². The summed E-state index contributed by atoms with van der Waals surface area (Å²) in [7, 11) is 0. The van der Waals surface area contributed by atoms with Crippen molar-refractivity contribution < 1.29 is 9.90 Å². The molecule has 0 aromatic carbocycles. The van der Waals surface area contributed by atoms with Crippen LogP contribution >= 0.6 is 0 Å². The summed E-state index contributed by atoms with van der Waals surface area (Å²) in [6, 6.07) is 0.128. The first-order valence-corrected chi connectivity index (χ1v) is 5.23. The van der Waals surface area contributed by atoms with Gasteiger partial charge >= 0.3 is 0 Å². The highest BCUT2D eigenvalue weighted by atomic mass is 16.3. The van der Waals surface area contributed by atoms with Gasteiger partial charge in [-0.1, -0.05) is 0 Å². The summed E-state index contributed by atoms with van der Waals surface area (Å²) in [5.41, 5.74) is 0. The van der Waals surface area contributed by atoms with Gasteiger partial charge in [0.1, 0.15) is 6.04 Å². The topological polar surface area (TPSA) is 52.6 Å². The van der Waals surface area contributed by atoms with E-state index in [0.29, 0.717) is 6.04 Å². The monoisotopic (exact) mass is 200 g/mol. The van der Waals surface area contributed by atoms with Gasteiger partial charge in [-0.15, -0.1) is 0 Å². The lowest BCUT2D eigenvalue weighted by Gasteiger charge is -2.30. The summed E-state index contributed by atoms with van der Waals surface area (Å²) in [6.45, 7) is 6.85. The highest BCUT2D eigenvalue weighted by Crippen LogP contribution is 2.12. The van der Waals surface area contributed by atoms with Crippen molar-refractivity contribution in [2.45, 2.75) is 45.3 Å². The molecule has 1 aliphatic heterocycles. The largest absolute Gasteiger partial charge is 0.394 e. The zero-order valence-corrected chi connectivity index (χ0v) is 9.16. The fourth-order valence-corrected chi connectivity index (χ4v) is 1.87. The Labute approximate surface area is 85.3 Å². The van der Waals surface area contributed by atoms with E-state index in [2.05, 4.69) is 10.2 Å². The molecule has 0 saturated carbocycles. The van der Waals surface area contributed by atoms with Crippen molar-refractivity contribution in [3.05, 3.63) is 0 Å². The van der Waals surface area contributed by atoms with Crippen LogP contribution < -0.4 is 5.32 Å². The van der Waals surface area contributed by atoms with Gasteiger partial charge in [0.05, 0.1) is 6.61 Å². The third-order valence-electron chi connectivity index (χ3n) is 2.75. The van der Waals surface area contributed by atoms with E-state index in [1.807, 2.05) is 20.8 Å². The minimum atomic E-state index is -0.375. The first kappa shape index (κ1) is 11.5. The molecule has 14 heavy (non-hydrogen) atoms. The van der Waals surface area contributed by atoms with E-state index in [1.54, 1.807) is 0 Å². The van der Waals surface area contributed by atoms with Gasteiger partial charge in [-0.25, -0.2) is 0 Å². The average Bonchev–Trinajstić information content (AvgIpc) is 2.23. The zero-order chi connectivity index (χ0) is 10.7. The Morgan fingerprint density at radius 2 is 2.29 bits per heavy atom. The Hall–Kier alpha value is -0.610. The normalized spacial score (nSPS) is 30.2. The Bertz CT molecular complexity index is 206. The molecule has 1 heterocycles. The van der Waals surface area contributed by atoms with E-state index in [1.165, 1.54) is 0 Å². The van der Waals surface area contributed by atoms with E-state index in [9.17, 15) is 9.90 Å². The van der Waals surface area contributed by atoms with Gasteiger partial charge in [-0.3, -0.25) is 9.69 Å². The first-order chi connectivity index (χ1) is 6.56. The lowest BCUT2D eigenvalue weighted by Crippen LogP contribution is -2.49. The van der Waals surface area contributed by atoms with Crippen molar-refractivity contribution in [1.29, 1.82) is 0 Å². The van der Waals surface area contributed by atoms with Crippen molar-refractivity contribution in [2.75, 3.05) is 13.2 Å². The quantitative estimate of drug-likeness (QED) is 0.658. The lowest BCUT2D eigenvalue weighted by molar-refractivity contribution is -0.127. The predicted octanol–water partition coefficient (Wildman–Crippen LogP) is -0.0339. The van der Waals surface area contributed by atoms with E-state index >= 15 is 0 Å². The van der Waals surface area contributed by atoms with Crippen LogP contribution in [0.15, 0.2) is 0 Å². The predicted molar refractivity (Wildman–Crippen MR) is 54.9 cm³/mol. The minimum Gasteiger partial charge on any atom is -0.394 e. The molecule has 4 nitrogen and oxygen atoms in total. The van der Waals surface area contributed by atoms with Crippen molar-refractivity contribution in [2.24, 2.45) is 0 Å². The molecule has 82 valence electrons. The second kappa shape index (κ2) is 4.75. The summed E-state index contributed by atoms with van der Waals surface area (Å²) >= 11 is 0. The fourth-order valence-electron chi connectivity index (χ4n) is 1.87. The molecule has 0 bridgehead atoms. The number of aliphatic hydroxyl groups is 1. The highest BCUT2D eigenvalue weighted by Gasteiger charge is 2.30. The summed E-state index contributed by atoms with van der Waals surface area (Å²) in [4.78, 5) is 13.7. The van der Waals surface area contributed by atoms with E-state index in [-0.39, 0.29) is 24.6 Å². The number of nitrogens with zero attached hydrogens (tertiary/aromatic N) is 1. The van der Waals surface area contributed by atoms with Gasteiger partial charge < -0.3 is 10.4 Å². The Balaban J connectivity index is 2.76. The number of nitrogens with one attached hydrogen (secondary N) is 1. The third-order valence-corrected chi connectivity index (χ3v) is 2.75. The van der Waals surface area contributed by atoms with Gasteiger partial charge in [-0.05, 0) is 27.2 Å². The molecule has 1 saturated heterocycles. The number of hydrogen-bond acceptors (Lipinski definition) is 3. The van der Waals surface area contributed by atoms with Gasteiger partial charge in [0, 0.05) is 18.6 Å². The molecular formula is C10H20N2O2. The first-order valence-electron chi connectivity index (χ1n) is 5.23. The van der Waals surface area contributed by atoms with Crippen molar-refractivity contribution in [3.8, 4) is 0 Å². The summed E-state index contributed by atoms with van der Waals surface area (Å²) < 4.78 is 0. The van der Waals surface area contributed by atoms with Crippen LogP contribution in [0.5, 0.6) is 0 Å². The fraction of sp³-hybridized carbons (Fsp3) is 0.900. The number of aliphatic hydroxyl groups excluding tert-OH is 1. The molecular weight excluding hydrogens is 180 g/mol. The molecule has 2 unspecified atom stereocenters. The Kier molecular flexibility index (Phi) is 3.89. The number of amides is 1. The SMILES string of the molecule is CC1CCN(C(C)C)C(CO)C(=O)N1. The second-order valence-electron chi connectivity index (χ2n) is 4.23. The standard InChI is InChI=1S/C10H20N2O2/c1-7(2)12-5-4-8(3)11-10(14)9(12)6-13/h7-9,13H,4-6H2,1-3H3,(H,11,14). The summed E-state index contributed by atoms with van der Waals surface area (Å²) in [5, 5.41) is 12.1. The van der Waals surface area contributed by atoms with Crippen molar-refractivity contribution >= 4 is 5.91 Å². The molecule has 0 aromatic heterocycles. The van der Waals surface area contributed by atoms with Gasteiger partial charge in [0.15, 0.2) is 0 Å². The molecule has 0 aromatic rings. The van der Waals surface area contributed by atoms with Crippen LogP contribution in [0.4, 0.5) is 0 Å². The molecule has 4 heteroatoms. The third kappa shape index (κ3) is 2.45. The molecule has 0 spiro atoms. The number of carbonyl (C=O) groups is 1.